The fourth-order valence-electron chi connectivity index (χ4n) is 3.27. The molecule has 0 saturated carbocycles. The van der Waals surface area contributed by atoms with Crippen LogP contribution in [-0.2, 0) is 11.2 Å². The van der Waals surface area contributed by atoms with Crippen molar-refractivity contribution in [3.63, 3.8) is 0 Å². The van der Waals surface area contributed by atoms with E-state index in [1.54, 1.807) is 24.3 Å². The number of methoxy groups -OCH3 is 2. The Hall–Kier alpha value is -2.98. The molecule has 2 heterocycles. The van der Waals surface area contributed by atoms with E-state index in [2.05, 4.69) is 10.3 Å². The maximum atomic E-state index is 13.4. The molecule has 0 fully saturated rings. The van der Waals surface area contributed by atoms with Gasteiger partial charge in [-0.25, -0.2) is 9.37 Å². The van der Waals surface area contributed by atoms with E-state index in [1.807, 2.05) is 0 Å². The van der Waals surface area contributed by atoms with Gasteiger partial charge >= 0.3 is 0 Å². The first-order chi connectivity index (χ1) is 15.5. The molecule has 4 rings (SSSR count). The number of amides is 1. The van der Waals surface area contributed by atoms with Crippen molar-refractivity contribution >= 4 is 35.1 Å². The van der Waals surface area contributed by atoms with Gasteiger partial charge < -0.3 is 14.8 Å². The molecule has 10 heteroatoms. The highest BCUT2D eigenvalue weighted by molar-refractivity contribution is 8.00. The number of hydrogen-bond donors (Lipinski definition) is 1. The topological polar surface area (TPSA) is 82.5 Å². The number of thioether (sulfide) groups is 2. The molecule has 32 heavy (non-hydrogen) atoms. The predicted octanol–water partition coefficient (Wildman–Crippen LogP) is 3.77. The first kappa shape index (κ1) is 22.2. The summed E-state index contributed by atoms with van der Waals surface area (Å²) in [6.07, 6.45) is 0.699. The summed E-state index contributed by atoms with van der Waals surface area (Å²) in [4.78, 5) is 31.0. The number of rotatable bonds is 7. The van der Waals surface area contributed by atoms with Crippen molar-refractivity contribution in [2.45, 2.75) is 16.5 Å². The molecule has 2 aromatic carbocycles. The highest BCUT2D eigenvalue weighted by Gasteiger charge is 2.23. The Balaban J connectivity index is 1.65. The summed E-state index contributed by atoms with van der Waals surface area (Å²) >= 11 is 2.62. The van der Waals surface area contributed by atoms with Crippen molar-refractivity contribution < 1.29 is 18.7 Å². The zero-order valence-electron chi connectivity index (χ0n) is 17.4. The lowest BCUT2D eigenvalue weighted by Gasteiger charge is -2.15. The van der Waals surface area contributed by atoms with Gasteiger partial charge in [-0.1, -0.05) is 17.8 Å². The molecule has 166 valence electrons. The number of nitrogens with one attached hydrogen (secondary N) is 1. The molecule has 0 aliphatic carbocycles. The molecule has 0 spiro atoms. The lowest BCUT2D eigenvalue weighted by Crippen LogP contribution is -2.24. The lowest BCUT2D eigenvalue weighted by atomic mass is 10.2. The van der Waals surface area contributed by atoms with Crippen LogP contribution < -0.4 is 20.3 Å². The zero-order chi connectivity index (χ0) is 22.7. The number of aromatic nitrogens is 2. The minimum atomic E-state index is -0.435. The number of ether oxygens (including phenoxy) is 2. The van der Waals surface area contributed by atoms with Gasteiger partial charge in [-0.2, -0.15) is 0 Å². The summed E-state index contributed by atoms with van der Waals surface area (Å²) < 4.78 is 25.5. The quantitative estimate of drug-likeness (QED) is 0.413. The highest BCUT2D eigenvalue weighted by atomic mass is 32.2. The number of aryl methyl sites for hydroxylation is 1. The van der Waals surface area contributed by atoms with Crippen LogP contribution in [0.25, 0.3) is 5.69 Å². The summed E-state index contributed by atoms with van der Waals surface area (Å²) in [7, 11) is 3.06. The normalized spacial score (nSPS) is 12.3. The third kappa shape index (κ3) is 4.61. The lowest BCUT2D eigenvalue weighted by molar-refractivity contribution is -0.113. The second-order valence-electron chi connectivity index (χ2n) is 6.80. The molecule has 1 aliphatic heterocycles. The highest BCUT2D eigenvalue weighted by Crippen LogP contribution is 2.33. The van der Waals surface area contributed by atoms with Crippen LogP contribution in [0.2, 0.25) is 0 Å². The fourth-order valence-corrected chi connectivity index (χ4v) is 5.13. The van der Waals surface area contributed by atoms with Gasteiger partial charge in [-0.3, -0.25) is 14.2 Å². The van der Waals surface area contributed by atoms with Crippen molar-refractivity contribution in [1.29, 1.82) is 0 Å². The number of benzene rings is 2. The van der Waals surface area contributed by atoms with Gasteiger partial charge in [0.2, 0.25) is 5.91 Å². The van der Waals surface area contributed by atoms with Gasteiger partial charge in [0.05, 0.1) is 36.2 Å². The molecular formula is C22H20FN3O4S2. The molecule has 0 bridgehead atoms. The summed E-state index contributed by atoms with van der Waals surface area (Å²) in [6, 6.07) is 10.8. The molecule has 1 aliphatic rings. The van der Waals surface area contributed by atoms with Gasteiger partial charge in [0.1, 0.15) is 5.82 Å². The molecular weight excluding hydrogens is 453 g/mol. The average Bonchev–Trinajstić information content (AvgIpc) is 3.26. The maximum absolute atomic E-state index is 13.4. The van der Waals surface area contributed by atoms with Gasteiger partial charge in [0.15, 0.2) is 16.7 Å². The molecule has 0 saturated heterocycles. The van der Waals surface area contributed by atoms with Crippen LogP contribution in [-0.4, -0.2) is 41.2 Å². The first-order valence-corrected chi connectivity index (χ1v) is 11.7. The second-order valence-corrected chi connectivity index (χ2v) is 8.84. The number of halogens is 1. The first-order valence-electron chi connectivity index (χ1n) is 9.69. The maximum Gasteiger partial charge on any atom is 0.272 e. The third-order valence-electron chi connectivity index (χ3n) is 4.73. The van der Waals surface area contributed by atoms with Crippen molar-refractivity contribution in [2.75, 3.05) is 31.0 Å². The van der Waals surface area contributed by atoms with E-state index in [1.165, 1.54) is 48.7 Å². The minimum absolute atomic E-state index is 0.00216. The van der Waals surface area contributed by atoms with E-state index in [-0.39, 0.29) is 17.2 Å². The Bertz CT molecular complexity index is 1230. The molecule has 1 amide bonds. The number of carbonyl (C=O) groups excluding carboxylic acids is 1. The molecule has 1 aromatic heterocycles. The molecule has 1 N–H and O–H groups in total. The number of fused-ring (bicyclic) bond motifs is 1. The van der Waals surface area contributed by atoms with Crippen LogP contribution >= 0.6 is 23.5 Å². The summed E-state index contributed by atoms with van der Waals surface area (Å²) in [6.45, 7) is 0. The van der Waals surface area contributed by atoms with Crippen LogP contribution in [0.15, 0.2) is 57.3 Å². The Morgan fingerprint density at radius 3 is 2.78 bits per heavy atom. The van der Waals surface area contributed by atoms with Crippen LogP contribution in [0.3, 0.4) is 0 Å². The van der Waals surface area contributed by atoms with Crippen molar-refractivity contribution in [3.05, 3.63) is 64.3 Å². The summed E-state index contributed by atoms with van der Waals surface area (Å²) in [5.74, 6) is 1.04. The largest absolute Gasteiger partial charge is 0.493 e. The van der Waals surface area contributed by atoms with E-state index < -0.39 is 5.82 Å². The predicted molar refractivity (Wildman–Crippen MR) is 123 cm³/mol. The van der Waals surface area contributed by atoms with E-state index in [0.717, 1.165) is 23.2 Å². The van der Waals surface area contributed by atoms with E-state index in [0.29, 0.717) is 39.3 Å². The number of carbonyl (C=O) groups is 1. The standard InChI is InChI=1S/C22H20FN3O4S2/c1-29-17-7-6-15(11-18(17)30-2)26-21(28)20-16(8-9-31-20)25-22(26)32-12-19(27)24-14-5-3-4-13(23)10-14/h3-7,10-11H,8-9,12H2,1-2H3,(H,24,27). The van der Waals surface area contributed by atoms with Crippen LogP contribution in [0.1, 0.15) is 5.69 Å². The Morgan fingerprint density at radius 1 is 1.22 bits per heavy atom. The molecule has 7 nitrogen and oxygen atoms in total. The Kier molecular flexibility index (Phi) is 6.71. The van der Waals surface area contributed by atoms with Crippen molar-refractivity contribution in [2.24, 2.45) is 0 Å². The molecule has 3 aromatic rings. The Morgan fingerprint density at radius 2 is 2.03 bits per heavy atom. The molecule has 0 radical (unpaired) electrons. The minimum Gasteiger partial charge on any atom is -0.493 e. The van der Waals surface area contributed by atoms with Crippen molar-refractivity contribution in [1.82, 2.24) is 9.55 Å². The number of hydrogen-bond acceptors (Lipinski definition) is 7. The smallest absolute Gasteiger partial charge is 0.272 e. The van der Waals surface area contributed by atoms with Gasteiger partial charge in [-0.15, -0.1) is 11.8 Å². The summed E-state index contributed by atoms with van der Waals surface area (Å²) in [5, 5.41) is 3.06. The molecule has 0 atom stereocenters. The van der Waals surface area contributed by atoms with E-state index >= 15 is 0 Å². The van der Waals surface area contributed by atoms with E-state index in [4.69, 9.17) is 9.47 Å². The monoisotopic (exact) mass is 473 g/mol. The Labute approximate surface area is 192 Å². The molecule has 0 unspecified atom stereocenters. The van der Waals surface area contributed by atoms with Crippen LogP contribution in [0.5, 0.6) is 11.5 Å². The second kappa shape index (κ2) is 9.66. The average molecular weight is 474 g/mol. The van der Waals surface area contributed by atoms with Gasteiger partial charge in [0.25, 0.3) is 5.56 Å². The summed E-state index contributed by atoms with van der Waals surface area (Å²) in [5.41, 5.74) is 1.48. The van der Waals surface area contributed by atoms with Crippen LogP contribution in [0.4, 0.5) is 10.1 Å². The number of nitrogens with zero attached hydrogens (tertiary/aromatic N) is 2. The van der Waals surface area contributed by atoms with Crippen molar-refractivity contribution in [3.8, 4) is 17.2 Å². The zero-order valence-corrected chi connectivity index (χ0v) is 19.0. The van der Waals surface area contributed by atoms with Gasteiger partial charge in [-0.05, 0) is 30.3 Å². The van der Waals surface area contributed by atoms with E-state index in [9.17, 15) is 14.0 Å². The third-order valence-corrected chi connectivity index (χ3v) is 6.78. The number of anilines is 1. The SMILES string of the molecule is COc1ccc(-n2c(SCC(=O)Nc3cccc(F)c3)nc3c(c2=O)SCC3)cc1OC. The fraction of sp³-hybridized carbons (Fsp3) is 0.227. The van der Waals surface area contributed by atoms with Crippen LogP contribution in [0, 0.1) is 5.82 Å². The van der Waals surface area contributed by atoms with Gasteiger partial charge in [0, 0.05) is 23.9 Å².